The number of aliphatic hydroxyl groups is 1. The Balaban J connectivity index is 0.882. The molecule has 8 N–H and O–H groups in total. The Bertz CT molecular complexity index is 2560. The number of nitrogens with zero attached hydrogens (tertiary/aromatic N) is 6. The van der Waals surface area contributed by atoms with Gasteiger partial charge in [0.2, 0.25) is 23.6 Å². The number of halogens is 2. The second kappa shape index (κ2) is 26.1. The number of carbonyl (C=O) groups is 8. The number of carbonyl (C=O) groups excluding carboxylic acids is 5. The van der Waals surface area contributed by atoms with Gasteiger partial charge in [-0.3, -0.25) is 58.0 Å². The number of hydrogen-bond donors (Lipinski definition) is 8. The van der Waals surface area contributed by atoms with Crippen molar-refractivity contribution in [1.82, 2.24) is 40.5 Å². The second-order valence-corrected chi connectivity index (χ2v) is 18.9. The number of amides is 5. The molecule has 22 nitrogen and oxygen atoms in total. The van der Waals surface area contributed by atoms with E-state index in [0.717, 1.165) is 28.9 Å². The van der Waals surface area contributed by atoms with Gasteiger partial charge in [0, 0.05) is 88.0 Å². The third-order valence-corrected chi connectivity index (χ3v) is 13.6. The molecule has 74 heavy (non-hydrogen) atoms. The minimum Gasteiger partial charge on any atom is -0.480 e. The van der Waals surface area contributed by atoms with E-state index in [2.05, 4.69) is 26.3 Å². The maximum absolute atomic E-state index is 13.8. The lowest BCUT2D eigenvalue weighted by atomic mass is 9.87. The highest BCUT2D eigenvalue weighted by Gasteiger charge is 2.47. The van der Waals surface area contributed by atoms with E-state index in [1.807, 2.05) is 29.2 Å². The fourth-order valence-electron chi connectivity index (χ4n) is 9.94. The number of carboxylic acid groups (broad SMARTS) is 3. The first kappa shape index (κ1) is 56.1. The van der Waals surface area contributed by atoms with Crippen LogP contribution in [0.5, 0.6) is 0 Å². The van der Waals surface area contributed by atoms with Crippen LogP contribution in [0.4, 0.5) is 14.5 Å². The predicted octanol–water partition coefficient (Wildman–Crippen LogP) is 1.62. The predicted molar refractivity (Wildman–Crippen MR) is 260 cm³/mol. The van der Waals surface area contributed by atoms with Gasteiger partial charge in [-0.25, -0.2) is 8.78 Å². The van der Waals surface area contributed by atoms with Crippen molar-refractivity contribution >= 4 is 64.0 Å². The molecular weight excluding hydrogens is 971 g/mol. The molecule has 398 valence electrons. The number of fused-ring (bicyclic) bond motifs is 1. The first-order valence-electron chi connectivity index (χ1n) is 24.5. The maximum atomic E-state index is 13.8. The lowest BCUT2D eigenvalue weighted by Gasteiger charge is -2.44. The molecule has 1 aromatic heterocycles. The number of aromatic nitrogens is 1. The zero-order valence-electron chi connectivity index (χ0n) is 40.7. The highest BCUT2D eigenvalue weighted by atomic mass is 19.3. The zero-order chi connectivity index (χ0) is 53.5. The van der Waals surface area contributed by atoms with Crippen molar-refractivity contribution < 1.29 is 67.6 Å². The Hall–Kier alpha value is -7.20. The normalized spacial score (nSPS) is 19.4. The quantitative estimate of drug-likeness (QED) is 0.0591. The van der Waals surface area contributed by atoms with Crippen molar-refractivity contribution in [3.05, 3.63) is 71.4 Å². The monoisotopic (exact) mass is 1030 g/mol. The van der Waals surface area contributed by atoms with Crippen molar-refractivity contribution in [3.8, 4) is 6.07 Å². The molecule has 24 heteroatoms. The van der Waals surface area contributed by atoms with E-state index >= 15 is 0 Å². The number of aliphatic carboxylic acids is 3. The summed E-state index contributed by atoms with van der Waals surface area (Å²) in [4.78, 5) is 109. The Kier molecular flexibility index (Phi) is 19.8. The molecule has 0 radical (unpaired) electrons. The van der Waals surface area contributed by atoms with Crippen LogP contribution in [0.2, 0.25) is 0 Å². The number of piperidine rings is 1. The molecule has 1 saturated carbocycles. The number of carboxylic acids is 3. The van der Waals surface area contributed by atoms with Gasteiger partial charge in [-0.15, -0.1) is 0 Å². The van der Waals surface area contributed by atoms with E-state index in [1.165, 1.54) is 17.2 Å². The molecule has 3 fully saturated rings. The summed E-state index contributed by atoms with van der Waals surface area (Å²) in [6.45, 7) is -1.35. The summed E-state index contributed by atoms with van der Waals surface area (Å²) in [5.74, 6) is -9.56. The Morgan fingerprint density at radius 2 is 1.39 bits per heavy atom. The van der Waals surface area contributed by atoms with E-state index < -0.39 is 98.4 Å². The topological polar surface area (TPSA) is 315 Å². The van der Waals surface area contributed by atoms with Gasteiger partial charge in [0.25, 0.3) is 11.8 Å². The Morgan fingerprint density at radius 3 is 2.04 bits per heavy atom. The van der Waals surface area contributed by atoms with Crippen LogP contribution in [-0.4, -0.2) is 182 Å². The molecule has 4 atom stereocenters. The van der Waals surface area contributed by atoms with Crippen LogP contribution in [0.25, 0.3) is 10.9 Å². The van der Waals surface area contributed by atoms with Crippen LogP contribution in [0, 0.1) is 17.2 Å². The smallest absolute Gasteiger partial charge is 0.317 e. The Morgan fingerprint density at radius 1 is 0.784 bits per heavy atom. The number of hydrogen-bond acceptors (Lipinski definition) is 14. The van der Waals surface area contributed by atoms with Crippen LogP contribution in [0.1, 0.15) is 79.3 Å². The van der Waals surface area contributed by atoms with Gasteiger partial charge >= 0.3 is 17.9 Å². The number of anilines is 1. The van der Waals surface area contributed by atoms with Crippen LogP contribution in [0.3, 0.4) is 0 Å². The number of aliphatic hydroxyl groups excluding tert-OH is 1. The van der Waals surface area contributed by atoms with Crippen molar-refractivity contribution in [2.45, 2.75) is 101 Å². The molecule has 5 amide bonds. The van der Waals surface area contributed by atoms with Gasteiger partial charge in [-0.05, 0) is 48.9 Å². The molecule has 2 saturated heterocycles. The van der Waals surface area contributed by atoms with Gasteiger partial charge in [-0.2, -0.15) is 5.26 Å². The summed E-state index contributed by atoms with van der Waals surface area (Å²) in [5.41, 5.74) is 2.23. The average molecular weight is 1030 g/mol. The van der Waals surface area contributed by atoms with Crippen molar-refractivity contribution in [2.75, 3.05) is 64.2 Å². The van der Waals surface area contributed by atoms with Crippen LogP contribution in [-0.2, 0) is 46.5 Å². The van der Waals surface area contributed by atoms with Crippen molar-refractivity contribution in [2.24, 2.45) is 5.92 Å². The number of nitrogens with one attached hydrogen (secondary N) is 4. The Labute approximate surface area is 425 Å². The third kappa shape index (κ3) is 15.9. The van der Waals surface area contributed by atoms with E-state index in [9.17, 15) is 72.8 Å². The number of para-hydroxylation sites is 1. The first-order chi connectivity index (χ1) is 35.3. The molecule has 3 aromatic rings. The summed E-state index contributed by atoms with van der Waals surface area (Å²) in [7, 11) is 0. The molecular formula is C50H62F2N10O12. The van der Waals surface area contributed by atoms with Gasteiger partial charge in [0.1, 0.15) is 12.3 Å². The summed E-state index contributed by atoms with van der Waals surface area (Å²) < 4.78 is 27.6. The summed E-state index contributed by atoms with van der Waals surface area (Å²) >= 11 is 0. The fourth-order valence-corrected chi connectivity index (χ4v) is 9.94. The van der Waals surface area contributed by atoms with E-state index in [0.29, 0.717) is 50.6 Å². The largest absolute Gasteiger partial charge is 0.480 e. The molecule has 2 aliphatic heterocycles. The van der Waals surface area contributed by atoms with E-state index in [4.69, 9.17) is 0 Å². The molecule has 3 heterocycles. The SMILES string of the molecule is N#C[C@@H]1CC(F)(F)CN1C(=O)CNC(=O)c1ccnc2c(NC(=O)CCC(=O)NCCNC(=O)C3CCN(C(O)Cc4ccc(CN(CC(=O)O)C5CCCCC5N(CC(=O)O)CC(=O)O)cc4)CC3)cccc12. The summed E-state index contributed by atoms with van der Waals surface area (Å²) in [6.07, 6.45) is 3.34. The van der Waals surface area contributed by atoms with E-state index in [-0.39, 0.29) is 73.7 Å². The first-order valence-corrected chi connectivity index (χ1v) is 24.5. The number of rotatable bonds is 24. The molecule has 3 unspecified atom stereocenters. The molecule has 3 aliphatic rings. The van der Waals surface area contributed by atoms with Crippen LogP contribution in [0.15, 0.2) is 54.7 Å². The molecule has 1 aliphatic carbocycles. The molecule has 6 rings (SSSR count). The minimum atomic E-state index is -3.21. The fraction of sp³-hybridized carbons (Fsp3) is 0.520. The molecule has 2 aromatic carbocycles. The van der Waals surface area contributed by atoms with Gasteiger partial charge in [0.15, 0.2) is 0 Å². The molecule has 0 bridgehead atoms. The minimum absolute atomic E-state index is 0.0941. The number of alkyl halides is 2. The zero-order valence-corrected chi connectivity index (χ0v) is 40.7. The van der Waals surface area contributed by atoms with Gasteiger partial charge in [-0.1, -0.05) is 49.2 Å². The van der Waals surface area contributed by atoms with Crippen molar-refractivity contribution in [3.63, 3.8) is 0 Å². The molecule has 0 spiro atoms. The van der Waals surface area contributed by atoms with Crippen LogP contribution >= 0.6 is 0 Å². The van der Waals surface area contributed by atoms with Gasteiger partial charge < -0.3 is 46.6 Å². The second-order valence-electron chi connectivity index (χ2n) is 18.9. The number of benzene rings is 2. The number of nitriles is 1. The maximum Gasteiger partial charge on any atom is 0.317 e. The lowest BCUT2D eigenvalue weighted by molar-refractivity contribution is -0.146. The lowest BCUT2D eigenvalue weighted by Crippen LogP contribution is -2.56. The highest BCUT2D eigenvalue weighted by molar-refractivity contribution is 6.10. The van der Waals surface area contributed by atoms with Crippen molar-refractivity contribution in [1.29, 1.82) is 5.26 Å². The number of likely N-dealkylation sites (tertiary alicyclic amines) is 2. The van der Waals surface area contributed by atoms with Crippen LogP contribution < -0.4 is 21.3 Å². The van der Waals surface area contributed by atoms with Gasteiger partial charge in [0.05, 0.1) is 55.6 Å². The summed E-state index contributed by atoms with van der Waals surface area (Å²) in [5, 5.41) is 60.0. The number of pyridine rings is 1. The summed E-state index contributed by atoms with van der Waals surface area (Å²) in [6, 6.07) is 13.0. The average Bonchev–Trinajstić information content (AvgIpc) is 3.70. The highest BCUT2D eigenvalue weighted by Crippen LogP contribution is 2.32. The standard InChI is InChI=1S/C50H62F2N10O12/c51-50(52)23-34(24-53)62(30-50)43(66)25-57-49(74)36-14-17-55-47-35(36)4-3-5-37(47)58-41(64)13-12-40(63)54-18-19-56-48(73)33-15-20-59(21-16-33)42(65)22-31-8-10-32(11-9-31)26-60(27-44(67)68)38-6-1-2-7-39(38)61(28-45(69)70)29-46(71)72/h3-5,8-11,14,17,33-34,38-39,42,65H,1-2,6-7,12-13,15-16,18-23,25-30H2,(H,54,63)(H,56,73)(H,57,74)(H,58,64)(H,67,68)(H,69,70)(H,71,72)/t34-,38?,39?,42?/m0/s1. The van der Waals surface area contributed by atoms with E-state index in [1.54, 1.807) is 29.2 Å². The third-order valence-electron chi connectivity index (χ3n) is 13.6.